The summed E-state index contributed by atoms with van der Waals surface area (Å²) < 4.78 is 11.3. The summed E-state index contributed by atoms with van der Waals surface area (Å²) in [5, 5.41) is 0. The molecule has 5 nitrogen and oxygen atoms in total. The minimum Gasteiger partial charge on any atom is -0.488 e. The highest BCUT2D eigenvalue weighted by molar-refractivity contribution is 8.26. The van der Waals surface area contributed by atoms with E-state index in [9.17, 15) is 9.59 Å². The van der Waals surface area contributed by atoms with Gasteiger partial charge in [0.25, 0.3) is 5.91 Å². The molecule has 0 N–H and O–H groups in total. The van der Waals surface area contributed by atoms with Crippen LogP contribution in [0.1, 0.15) is 28.3 Å². The number of ether oxygens (including phenoxy) is 2. The topological polar surface area (TPSA) is 55.8 Å². The molecule has 1 fully saturated rings. The second kappa shape index (κ2) is 10.7. The molecule has 1 aliphatic heterocycles. The zero-order valence-electron chi connectivity index (χ0n) is 18.8. The number of methoxy groups -OCH3 is 1. The fourth-order valence-corrected chi connectivity index (χ4v) is 4.86. The molecule has 0 spiro atoms. The van der Waals surface area contributed by atoms with Crippen LogP contribution in [0, 0.1) is 6.92 Å². The maximum Gasteiger partial charge on any atom is 0.333 e. The van der Waals surface area contributed by atoms with Crippen LogP contribution in [0.2, 0.25) is 0 Å². The second-order valence-electron chi connectivity index (χ2n) is 7.70. The Balaban J connectivity index is 1.60. The van der Waals surface area contributed by atoms with Gasteiger partial charge in [0, 0.05) is 5.56 Å². The fourth-order valence-electron chi connectivity index (χ4n) is 3.56. The van der Waals surface area contributed by atoms with Gasteiger partial charge in [-0.25, -0.2) is 4.79 Å². The van der Waals surface area contributed by atoms with Crippen molar-refractivity contribution in [2.75, 3.05) is 7.11 Å². The van der Waals surface area contributed by atoms with Crippen LogP contribution in [-0.4, -0.2) is 28.2 Å². The lowest BCUT2D eigenvalue weighted by Gasteiger charge is -2.24. The Morgan fingerprint density at radius 3 is 2.41 bits per heavy atom. The number of amides is 1. The summed E-state index contributed by atoms with van der Waals surface area (Å²) in [5.74, 6) is -0.242. The van der Waals surface area contributed by atoms with Crippen molar-refractivity contribution in [3.05, 3.63) is 106 Å². The summed E-state index contributed by atoms with van der Waals surface area (Å²) in [4.78, 5) is 27.7. The van der Waals surface area contributed by atoms with Gasteiger partial charge in [-0.15, -0.1) is 0 Å². The molecule has 4 rings (SSSR count). The first-order valence-electron chi connectivity index (χ1n) is 10.6. The number of carbonyl (C=O) groups excluding carboxylic acids is 2. The zero-order valence-corrected chi connectivity index (χ0v) is 20.4. The maximum absolute atomic E-state index is 13.4. The van der Waals surface area contributed by atoms with E-state index in [1.807, 2.05) is 61.5 Å². The van der Waals surface area contributed by atoms with Gasteiger partial charge in [0.05, 0.1) is 12.0 Å². The average molecular weight is 490 g/mol. The van der Waals surface area contributed by atoms with Gasteiger partial charge in [-0.1, -0.05) is 102 Å². The first kappa shape index (κ1) is 23.7. The van der Waals surface area contributed by atoms with Gasteiger partial charge in [-0.2, -0.15) is 0 Å². The normalized spacial score (nSPS) is 15.5. The smallest absolute Gasteiger partial charge is 0.333 e. The minimum absolute atomic E-state index is 0.300. The van der Waals surface area contributed by atoms with Crippen molar-refractivity contribution in [3.63, 3.8) is 0 Å². The van der Waals surface area contributed by atoms with E-state index >= 15 is 0 Å². The molecule has 0 aliphatic carbocycles. The van der Waals surface area contributed by atoms with Gasteiger partial charge in [0.15, 0.2) is 6.04 Å². The Kier molecular flexibility index (Phi) is 7.45. The maximum atomic E-state index is 13.4. The van der Waals surface area contributed by atoms with Crippen molar-refractivity contribution in [2.45, 2.75) is 19.6 Å². The van der Waals surface area contributed by atoms with Gasteiger partial charge in [0.2, 0.25) is 0 Å². The van der Waals surface area contributed by atoms with E-state index in [4.69, 9.17) is 21.7 Å². The van der Waals surface area contributed by atoms with E-state index in [1.54, 1.807) is 30.3 Å². The van der Waals surface area contributed by atoms with E-state index in [2.05, 4.69) is 0 Å². The SMILES string of the molecule is COC(=O)C(c1ccccc1)N1C(=O)/C(=C\c2ccccc2OCc2ccc(C)cc2)SC1=S. The van der Waals surface area contributed by atoms with Gasteiger partial charge in [-0.05, 0) is 30.2 Å². The predicted molar refractivity (Wildman–Crippen MR) is 138 cm³/mol. The molecule has 1 amide bonds. The van der Waals surface area contributed by atoms with Crippen LogP contribution in [0.15, 0.2) is 83.8 Å². The molecule has 7 heteroatoms. The van der Waals surface area contributed by atoms with E-state index in [1.165, 1.54) is 17.6 Å². The third-order valence-corrected chi connectivity index (χ3v) is 6.67. The molecule has 0 radical (unpaired) electrons. The van der Waals surface area contributed by atoms with Crippen molar-refractivity contribution in [1.82, 2.24) is 4.90 Å². The number of thioether (sulfide) groups is 1. The molecule has 1 atom stereocenters. The van der Waals surface area contributed by atoms with Crippen molar-refractivity contribution < 1.29 is 19.1 Å². The Labute approximate surface area is 208 Å². The van der Waals surface area contributed by atoms with Crippen molar-refractivity contribution in [2.24, 2.45) is 0 Å². The molecule has 0 bridgehead atoms. The van der Waals surface area contributed by atoms with Crippen LogP contribution in [0.5, 0.6) is 5.75 Å². The summed E-state index contributed by atoms with van der Waals surface area (Å²) in [7, 11) is 1.30. The van der Waals surface area contributed by atoms with Crippen LogP contribution in [0.4, 0.5) is 0 Å². The van der Waals surface area contributed by atoms with Crippen molar-refractivity contribution in [1.29, 1.82) is 0 Å². The molecule has 1 saturated heterocycles. The van der Waals surface area contributed by atoms with E-state index in [0.29, 0.717) is 27.1 Å². The Morgan fingerprint density at radius 2 is 1.71 bits per heavy atom. The number of aryl methyl sites for hydroxylation is 1. The van der Waals surface area contributed by atoms with Gasteiger partial charge >= 0.3 is 5.97 Å². The molecule has 0 saturated carbocycles. The largest absolute Gasteiger partial charge is 0.488 e. The lowest BCUT2D eigenvalue weighted by molar-refractivity contribution is -0.148. The number of hydrogen-bond donors (Lipinski definition) is 0. The number of rotatable bonds is 7. The first-order valence-corrected chi connectivity index (χ1v) is 11.9. The molecule has 34 heavy (non-hydrogen) atoms. The second-order valence-corrected chi connectivity index (χ2v) is 9.38. The lowest BCUT2D eigenvalue weighted by atomic mass is 10.1. The number of nitrogens with zero attached hydrogens (tertiary/aromatic N) is 1. The van der Waals surface area contributed by atoms with Crippen LogP contribution < -0.4 is 4.74 Å². The van der Waals surface area contributed by atoms with Crippen LogP contribution in [0.3, 0.4) is 0 Å². The lowest BCUT2D eigenvalue weighted by Crippen LogP contribution is -2.37. The third kappa shape index (κ3) is 5.21. The van der Waals surface area contributed by atoms with Crippen molar-refractivity contribution >= 4 is 46.3 Å². The monoisotopic (exact) mass is 489 g/mol. The molecular weight excluding hydrogens is 466 g/mol. The van der Waals surface area contributed by atoms with Crippen LogP contribution in [-0.2, 0) is 20.9 Å². The molecule has 1 unspecified atom stereocenters. The Bertz CT molecular complexity index is 1240. The van der Waals surface area contributed by atoms with E-state index in [-0.39, 0.29) is 5.91 Å². The quantitative estimate of drug-likeness (QED) is 0.241. The standard InChI is InChI=1S/C27H23NO4S2/c1-18-12-14-19(15-13-18)17-32-22-11-7-6-10-21(22)16-23-25(29)28(27(33)34-23)24(26(30)31-2)20-8-4-3-5-9-20/h3-16,24H,17H2,1-2H3/b23-16+. The molecular formula is C27H23NO4S2. The number of carbonyl (C=O) groups is 2. The van der Waals surface area contributed by atoms with Gasteiger partial charge in [0.1, 0.15) is 16.7 Å². The van der Waals surface area contributed by atoms with Crippen molar-refractivity contribution in [3.8, 4) is 5.75 Å². The third-order valence-electron chi connectivity index (χ3n) is 5.34. The highest BCUT2D eigenvalue weighted by Crippen LogP contribution is 2.39. The molecule has 0 aromatic heterocycles. The van der Waals surface area contributed by atoms with Crippen LogP contribution >= 0.6 is 24.0 Å². The molecule has 1 heterocycles. The van der Waals surface area contributed by atoms with E-state index in [0.717, 1.165) is 22.9 Å². The molecule has 3 aromatic rings. The minimum atomic E-state index is -0.947. The number of benzene rings is 3. The van der Waals surface area contributed by atoms with Gasteiger partial charge < -0.3 is 9.47 Å². The Morgan fingerprint density at radius 1 is 1.03 bits per heavy atom. The van der Waals surface area contributed by atoms with Crippen LogP contribution in [0.25, 0.3) is 6.08 Å². The summed E-state index contributed by atoms with van der Waals surface area (Å²) in [6, 6.07) is 23.7. The zero-order chi connectivity index (χ0) is 24.1. The summed E-state index contributed by atoms with van der Waals surface area (Å²) >= 11 is 6.66. The summed E-state index contributed by atoms with van der Waals surface area (Å²) in [6.45, 7) is 2.45. The number of thiocarbonyl (C=S) groups is 1. The first-order chi connectivity index (χ1) is 16.5. The summed E-state index contributed by atoms with van der Waals surface area (Å²) in [5.41, 5.74) is 3.63. The highest BCUT2D eigenvalue weighted by Gasteiger charge is 2.41. The summed E-state index contributed by atoms with van der Waals surface area (Å²) in [6.07, 6.45) is 1.75. The highest BCUT2D eigenvalue weighted by atomic mass is 32.2. The molecule has 1 aliphatic rings. The number of para-hydroxylation sites is 1. The number of esters is 1. The molecule has 3 aromatic carbocycles. The predicted octanol–water partition coefficient (Wildman–Crippen LogP) is 5.69. The van der Waals surface area contributed by atoms with E-state index < -0.39 is 12.0 Å². The molecule has 172 valence electrons. The van der Waals surface area contributed by atoms with Gasteiger partial charge in [-0.3, -0.25) is 9.69 Å². The Hall–Kier alpha value is -3.42. The fraction of sp³-hybridized carbons (Fsp3) is 0.148. The number of hydrogen-bond acceptors (Lipinski definition) is 6. The average Bonchev–Trinajstić information content (AvgIpc) is 3.13.